The van der Waals surface area contributed by atoms with E-state index in [0.29, 0.717) is 0 Å². The summed E-state index contributed by atoms with van der Waals surface area (Å²) in [6, 6.07) is 0. The van der Waals surface area contributed by atoms with Crippen molar-refractivity contribution < 1.29 is 29.0 Å². The lowest BCUT2D eigenvalue weighted by atomic mass is 10.1. The van der Waals surface area contributed by atoms with Crippen molar-refractivity contribution in [2.24, 2.45) is 0 Å². The monoisotopic (exact) mass is 444 g/mol. The number of carbonyl (C=O) groups is 3. The molecule has 7 heteroatoms. The van der Waals surface area contributed by atoms with E-state index in [0.717, 1.165) is 32.1 Å². The summed E-state index contributed by atoms with van der Waals surface area (Å²) in [5, 5.41) is 8.71. The van der Waals surface area contributed by atoms with Crippen LogP contribution in [0.4, 0.5) is 0 Å². The van der Waals surface area contributed by atoms with Crippen molar-refractivity contribution in [2.45, 2.75) is 123 Å². The second kappa shape index (κ2) is 21.3. The van der Waals surface area contributed by atoms with Crippen molar-refractivity contribution in [2.75, 3.05) is 0 Å². The minimum atomic E-state index is -1.26. The van der Waals surface area contributed by atoms with E-state index in [1.165, 1.54) is 65.2 Å². The summed E-state index contributed by atoms with van der Waals surface area (Å²) in [5.74, 6) is -2.54. The van der Waals surface area contributed by atoms with E-state index in [9.17, 15) is 14.4 Å². The number of quaternary nitrogens is 1. The predicted octanol–water partition coefficient (Wildman–Crippen LogP) is 6.35. The van der Waals surface area contributed by atoms with Crippen molar-refractivity contribution in [1.29, 1.82) is 0 Å². The van der Waals surface area contributed by atoms with Gasteiger partial charge in [0.15, 0.2) is 12.2 Å². The Morgan fingerprint density at radius 2 is 1.23 bits per heavy atom. The molecule has 2 atom stereocenters. The van der Waals surface area contributed by atoms with Crippen molar-refractivity contribution in [3.8, 4) is 0 Å². The maximum absolute atomic E-state index is 11.8. The highest BCUT2D eigenvalue weighted by Gasteiger charge is 2.23. The fourth-order valence-electron chi connectivity index (χ4n) is 2.96. The van der Waals surface area contributed by atoms with Crippen LogP contribution < -0.4 is 6.15 Å². The Kier molecular flexibility index (Phi) is 21.6. The van der Waals surface area contributed by atoms with Gasteiger partial charge in [0.2, 0.25) is 0 Å². The summed E-state index contributed by atoms with van der Waals surface area (Å²) < 4.78 is 9.68. The second-order valence-electron chi connectivity index (χ2n) is 7.88. The summed E-state index contributed by atoms with van der Waals surface area (Å²) >= 11 is 0. The van der Waals surface area contributed by atoms with Crippen LogP contribution in [-0.2, 0) is 23.9 Å². The van der Waals surface area contributed by atoms with Crippen molar-refractivity contribution in [3.63, 3.8) is 0 Å². The van der Waals surface area contributed by atoms with Crippen molar-refractivity contribution in [3.05, 3.63) is 12.2 Å². The highest BCUT2D eigenvalue weighted by atomic mass is 16.6. The van der Waals surface area contributed by atoms with Crippen LogP contribution in [0.25, 0.3) is 0 Å². The third-order valence-corrected chi connectivity index (χ3v) is 4.92. The topological polar surface area (TPSA) is 126 Å². The molecule has 0 amide bonds. The number of allylic oxidation sites excluding steroid dienone is 2. The smallest absolute Gasteiger partial charge is 0.347 e. The molecule has 0 radical (unpaired) electrons. The maximum Gasteiger partial charge on any atom is 0.347 e. The van der Waals surface area contributed by atoms with Gasteiger partial charge in [0.1, 0.15) is 0 Å². The number of carboxylic acids is 1. The number of aliphatic carboxylic acids is 1. The molecule has 0 saturated carbocycles. The Hall–Kier alpha value is -1.89. The molecule has 0 fully saturated rings. The molecule has 31 heavy (non-hydrogen) atoms. The summed E-state index contributed by atoms with van der Waals surface area (Å²) in [6.07, 6.45) is 17.9. The molecule has 0 aliphatic rings. The van der Waals surface area contributed by atoms with Gasteiger partial charge in [0, 0.05) is 6.42 Å². The lowest BCUT2D eigenvalue weighted by Crippen LogP contribution is -2.32. The quantitative estimate of drug-likeness (QED) is 0.136. The summed E-state index contributed by atoms with van der Waals surface area (Å²) in [4.78, 5) is 34.1. The number of rotatable bonds is 19. The third-order valence-electron chi connectivity index (χ3n) is 4.92. The highest BCUT2D eigenvalue weighted by molar-refractivity contribution is 5.82. The Morgan fingerprint density at radius 3 is 1.74 bits per heavy atom. The van der Waals surface area contributed by atoms with E-state index in [-0.39, 0.29) is 12.6 Å². The van der Waals surface area contributed by atoms with Crippen LogP contribution in [0.2, 0.25) is 0 Å². The Balaban J connectivity index is 0. The first-order valence-corrected chi connectivity index (χ1v) is 11.7. The molecular formula is C24H46NO6+. The Labute approximate surface area is 188 Å². The second-order valence-corrected chi connectivity index (χ2v) is 7.88. The summed E-state index contributed by atoms with van der Waals surface area (Å²) in [6.45, 7) is 4.88. The van der Waals surface area contributed by atoms with Gasteiger partial charge in [0.25, 0.3) is 0 Å². The molecule has 0 spiro atoms. The first-order valence-electron chi connectivity index (χ1n) is 11.7. The normalized spacial score (nSPS) is 12.7. The van der Waals surface area contributed by atoms with E-state index in [1.54, 1.807) is 0 Å². The number of carbonyl (C=O) groups excluding carboxylic acids is 2. The molecule has 0 bridgehead atoms. The van der Waals surface area contributed by atoms with Crippen LogP contribution in [-0.4, -0.2) is 35.2 Å². The third kappa shape index (κ3) is 19.8. The molecule has 0 aromatic rings. The standard InChI is InChI=1S/C24H42O6.H3N/c1-4-5-6-7-8-9-10-11-12-13-14-15-16-17-18-19-22(25)29-21(3)24(28)30-20(2)23(26)27;/h11-12,20-21H,4-10,13-19H2,1-3H3,(H,26,27);1H3/p+1/b12-11-;. The fourth-order valence-corrected chi connectivity index (χ4v) is 2.96. The van der Waals surface area contributed by atoms with Gasteiger partial charge in [-0.05, 0) is 46.0 Å². The molecule has 0 saturated heterocycles. The number of hydrogen-bond acceptors (Lipinski definition) is 5. The van der Waals surface area contributed by atoms with E-state index >= 15 is 0 Å². The lowest BCUT2D eigenvalue weighted by Gasteiger charge is -2.14. The lowest BCUT2D eigenvalue weighted by molar-refractivity contribution is -0.174. The van der Waals surface area contributed by atoms with Crippen molar-refractivity contribution >= 4 is 17.9 Å². The van der Waals surface area contributed by atoms with E-state index in [4.69, 9.17) is 9.84 Å². The molecule has 182 valence electrons. The average molecular weight is 445 g/mol. The molecule has 0 aromatic carbocycles. The number of carboxylic acid groups (broad SMARTS) is 1. The number of hydrogen-bond donors (Lipinski definition) is 2. The Morgan fingerprint density at radius 1 is 0.742 bits per heavy atom. The minimum absolute atomic E-state index is 0. The minimum Gasteiger partial charge on any atom is -0.479 e. The van der Waals surface area contributed by atoms with Gasteiger partial charge in [-0.1, -0.05) is 70.4 Å². The largest absolute Gasteiger partial charge is 0.479 e. The summed E-state index contributed by atoms with van der Waals surface area (Å²) in [7, 11) is 0. The number of ether oxygens (including phenoxy) is 2. The molecule has 0 aromatic heterocycles. The molecular weight excluding hydrogens is 398 g/mol. The summed E-state index contributed by atoms with van der Waals surface area (Å²) in [5.41, 5.74) is 0. The van der Waals surface area contributed by atoms with E-state index in [1.807, 2.05) is 0 Å². The van der Waals surface area contributed by atoms with Crippen LogP contribution in [0.15, 0.2) is 12.2 Å². The van der Waals surface area contributed by atoms with Crippen LogP contribution in [0.3, 0.4) is 0 Å². The Bertz CT molecular complexity index is 506. The van der Waals surface area contributed by atoms with Crippen molar-refractivity contribution in [1.82, 2.24) is 6.15 Å². The molecule has 7 nitrogen and oxygen atoms in total. The van der Waals surface area contributed by atoms with Crippen LogP contribution >= 0.6 is 0 Å². The zero-order valence-electron chi connectivity index (χ0n) is 20.2. The van der Waals surface area contributed by atoms with Gasteiger partial charge in [0.05, 0.1) is 0 Å². The first-order chi connectivity index (χ1) is 14.4. The maximum atomic E-state index is 11.8. The average Bonchev–Trinajstić information content (AvgIpc) is 2.70. The zero-order valence-corrected chi connectivity index (χ0v) is 20.2. The van der Waals surface area contributed by atoms with E-state index < -0.39 is 30.1 Å². The van der Waals surface area contributed by atoms with Gasteiger partial charge in [-0.3, -0.25) is 4.79 Å². The number of unbranched alkanes of at least 4 members (excludes halogenated alkanes) is 11. The van der Waals surface area contributed by atoms with Gasteiger partial charge in [-0.2, -0.15) is 0 Å². The molecule has 5 N–H and O–H groups in total. The predicted molar refractivity (Wildman–Crippen MR) is 124 cm³/mol. The zero-order chi connectivity index (χ0) is 22.6. The van der Waals surface area contributed by atoms with Crippen LogP contribution in [0.5, 0.6) is 0 Å². The van der Waals surface area contributed by atoms with Gasteiger partial charge in [-0.25, -0.2) is 9.59 Å². The van der Waals surface area contributed by atoms with Crippen LogP contribution in [0, 0.1) is 0 Å². The molecule has 0 heterocycles. The van der Waals surface area contributed by atoms with Gasteiger partial charge in [-0.15, -0.1) is 0 Å². The fraction of sp³-hybridized carbons (Fsp3) is 0.792. The molecule has 0 aliphatic heterocycles. The number of esters is 2. The molecule has 2 unspecified atom stereocenters. The SMILES string of the molecule is CCCCCCCC/C=C\CCCCCCCC(=O)OC(C)C(=O)OC(C)C(=O)O.[NH4+]. The van der Waals surface area contributed by atoms with E-state index in [2.05, 4.69) is 23.8 Å². The van der Waals surface area contributed by atoms with Gasteiger partial charge >= 0.3 is 17.9 Å². The first kappa shape index (κ1) is 31.3. The molecule has 0 rings (SSSR count). The van der Waals surface area contributed by atoms with Crippen LogP contribution in [0.1, 0.15) is 111 Å². The van der Waals surface area contributed by atoms with Gasteiger partial charge < -0.3 is 20.7 Å². The highest BCUT2D eigenvalue weighted by Crippen LogP contribution is 2.11. The molecule has 0 aliphatic carbocycles.